The lowest BCUT2D eigenvalue weighted by Crippen LogP contribution is -2.22. The van der Waals surface area contributed by atoms with Crippen LogP contribution in [0, 0.1) is 6.92 Å². The van der Waals surface area contributed by atoms with Crippen LogP contribution in [0.15, 0.2) is 67.3 Å². The summed E-state index contributed by atoms with van der Waals surface area (Å²) in [5.74, 6) is 1.28. The molecule has 0 saturated heterocycles. The van der Waals surface area contributed by atoms with Crippen molar-refractivity contribution in [3.8, 4) is 11.6 Å². The first-order valence-electron chi connectivity index (χ1n) is 9.13. The third-order valence-electron chi connectivity index (χ3n) is 4.22. The lowest BCUT2D eigenvalue weighted by molar-refractivity contribution is -0.115. The van der Waals surface area contributed by atoms with Gasteiger partial charge in [0.2, 0.25) is 17.6 Å². The van der Waals surface area contributed by atoms with Gasteiger partial charge in [-0.25, -0.2) is 0 Å². The van der Waals surface area contributed by atoms with Crippen molar-refractivity contribution in [3.05, 3.63) is 64.5 Å². The van der Waals surface area contributed by atoms with Crippen LogP contribution >= 0.6 is 27.7 Å². The molecule has 0 fully saturated rings. The maximum Gasteiger partial charge on any atom is 0.240 e. The minimum atomic E-state index is -0.440. The van der Waals surface area contributed by atoms with Crippen molar-refractivity contribution in [1.29, 1.82) is 0 Å². The van der Waals surface area contributed by atoms with Crippen molar-refractivity contribution in [3.63, 3.8) is 0 Å². The second-order valence-electron chi connectivity index (χ2n) is 6.56. The van der Waals surface area contributed by atoms with Gasteiger partial charge in [0.1, 0.15) is 0 Å². The number of anilines is 1. The number of carbonyl (C=O) groups excluding carboxylic acids is 1. The number of furan rings is 1. The number of nitrogens with one attached hydrogen (secondary N) is 1. The highest BCUT2D eigenvalue weighted by molar-refractivity contribution is 9.10. The molecule has 0 radical (unpaired) electrons. The Kier molecular flexibility index (Phi) is 6.05. The highest BCUT2D eigenvalue weighted by atomic mass is 79.9. The van der Waals surface area contributed by atoms with Gasteiger partial charge in [-0.1, -0.05) is 47.3 Å². The highest BCUT2D eigenvalue weighted by Crippen LogP contribution is 2.30. The maximum atomic E-state index is 12.6. The lowest BCUT2D eigenvalue weighted by atomic mass is 10.2. The molecule has 30 heavy (non-hydrogen) atoms. The van der Waals surface area contributed by atoms with Crippen molar-refractivity contribution >= 4 is 39.5 Å². The van der Waals surface area contributed by atoms with E-state index in [1.165, 1.54) is 11.8 Å². The van der Waals surface area contributed by atoms with Crippen LogP contribution < -0.4 is 5.32 Å². The largest absolute Gasteiger partial charge is 0.446 e. The number of hydrogen-bond acceptors (Lipinski definition) is 7. The van der Waals surface area contributed by atoms with Crippen LogP contribution in [-0.2, 0) is 11.3 Å². The number of carbonyl (C=O) groups is 1. The maximum absolute atomic E-state index is 12.6. The first-order chi connectivity index (χ1) is 14.5. The molecule has 0 aliphatic heterocycles. The minimum Gasteiger partial charge on any atom is -0.446 e. The second kappa shape index (κ2) is 8.88. The zero-order valence-corrected chi connectivity index (χ0v) is 18.6. The number of rotatable bonds is 7. The Hall–Kier alpha value is -2.85. The highest BCUT2D eigenvalue weighted by Gasteiger charge is 2.23. The Bertz CT molecular complexity index is 1150. The molecular weight excluding hydrogens is 470 g/mol. The summed E-state index contributed by atoms with van der Waals surface area (Å²) in [6.45, 7) is 4.13. The average Bonchev–Trinajstić information content (AvgIpc) is 3.44. The van der Waals surface area contributed by atoms with E-state index < -0.39 is 5.25 Å². The summed E-state index contributed by atoms with van der Waals surface area (Å²) in [6.07, 6.45) is 0. The number of halogens is 1. The monoisotopic (exact) mass is 487 g/mol. The predicted molar refractivity (Wildman–Crippen MR) is 116 cm³/mol. The van der Waals surface area contributed by atoms with E-state index in [1.807, 2.05) is 41.0 Å². The van der Waals surface area contributed by atoms with Gasteiger partial charge < -0.3 is 8.94 Å². The van der Waals surface area contributed by atoms with Gasteiger partial charge >= 0.3 is 0 Å². The molecule has 4 aromatic rings. The van der Waals surface area contributed by atoms with Crippen LogP contribution in [-0.4, -0.2) is 31.1 Å². The van der Waals surface area contributed by atoms with Crippen molar-refractivity contribution in [2.75, 3.05) is 5.32 Å². The average molecular weight is 488 g/mol. The molecule has 4 rings (SSSR count). The lowest BCUT2D eigenvalue weighted by Gasteiger charge is -2.12. The number of benzene rings is 1. The number of thioether (sulfide) groups is 1. The fraction of sp³-hybridized carbons (Fsp3) is 0.200. The first kappa shape index (κ1) is 20.4. The smallest absolute Gasteiger partial charge is 0.240 e. The standard InChI is InChI=1S/C20H18BrN5O3S/c1-12-10-17(29-25-12)22-19(27)13(2)30-20-24-23-18(15-8-9-16(21)28-15)26(20)11-14-6-4-3-5-7-14/h3-10,13H,11H2,1-2H3,(H,22,27)/t13-/m0/s1. The van der Waals surface area contributed by atoms with Gasteiger partial charge in [-0.3, -0.25) is 14.7 Å². The van der Waals surface area contributed by atoms with Gasteiger partial charge in [0.05, 0.1) is 17.5 Å². The summed E-state index contributed by atoms with van der Waals surface area (Å²) in [5.41, 5.74) is 1.78. The molecule has 1 amide bonds. The SMILES string of the molecule is Cc1cc(NC(=O)[C@H](C)Sc2nnc(-c3ccc(Br)o3)n2Cc2ccccc2)on1. The van der Waals surface area contributed by atoms with E-state index in [9.17, 15) is 4.79 Å². The predicted octanol–water partition coefficient (Wildman–Crippen LogP) is 4.76. The van der Waals surface area contributed by atoms with Gasteiger partial charge in [0, 0.05) is 6.07 Å². The topological polar surface area (TPSA) is 99.0 Å². The molecule has 8 nitrogen and oxygen atoms in total. The van der Waals surface area contributed by atoms with Crippen LogP contribution in [0.1, 0.15) is 18.2 Å². The quantitative estimate of drug-likeness (QED) is 0.375. The zero-order chi connectivity index (χ0) is 21.1. The summed E-state index contributed by atoms with van der Waals surface area (Å²) in [5, 5.41) is 15.3. The van der Waals surface area contributed by atoms with E-state index in [0.29, 0.717) is 39.5 Å². The number of nitrogens with zero attached hydrogens (tertiary/aromatic N) is 4. The Morgan fingerprint density at radius 3 is 2.70 bits per heavy atom. The third-order valence-corrected chi connectivity index (χ3v) is 5.73. The van der Waals surface area contributed by atoms with E-state index in [4.69, 9.17) is 8.94 Å². The number of hydrogen-bond donors (Lipinski definition) is 1. The van der Waals surface area contributed by atoms with E-state index >= 15 is 0 Å². The van der Waals surface area contributed by atoms with E-state index in [2.05, 4.69) is 36.6 Å². The van der Waals surface area contributed by atoms with Crippen molar-refractivity contribution in [2.24, 2.45) is 0 Å². The zero-order valence-electron chi connectivity index (χ0n) is 16.2. The normalized spacial score (nSPS) is 12.1. The minimum absolute atomic E-state index is 0.215. The number of amides is 1. The van der Waals surface area contributed by atoms with Gasteiger partial charge in [0.15, 0.2) is 15.6 Å². The van der Waals surface area contributed by atoms with Crippen LogP contribution in [0.4, 0.5) is 5.88 Å². The van der Waals surface area contributed by atoms with E-state index in [-0.39, 0.29) is 5.91 Å². The fourth-order valence-electron chi connectivity index (χ4n) is 2.76. The molecule has 0 aliphatic rings. The van der Waals surface area contributed by atoms with E-state index in [1.54, 1.807) is 26.0 Å². The third kappa shape index (κ3) is 4.65. The van der Waals surface area contributed by atoms with Gasteiger partial charge in [-0.15, -0.1) is 10.2 Å². The Labute approximate surface area is 185 Å². The summed E-state index contributed by atoms with van der Waals surface area (Å²) in [7, 11) is 0. The van der Waals surface area contributed by atoms with Crippen LogP contribution in [0.2, 0.25) is 0 Å². The Balaban J connectivity index is 1.58. The first-order valence-corrected chi connectivity index (χ1v) is 10.8. The molecule has 0 aliphatic carbocycles. The number of aryl methyl sites for hydroxylation is 1. The van der Waals surface area contributed by atoms with Crippen LogP contribution in [0.3, 0.4) is 0 Å². The molecular formula is C20H18BrN5O3S. The number of aromatic nitrogens is 4. The summed E-state index contributed by atoms with van der Waals surface area (Å²) < 4.78 is 13.3. The molecule has 3 heterocycles. The van der Waals surface area contributed by atoms with E-state index in [0.717, 1.165) is 5.56 Å². The summed E-state index contributed by atoms with van der Waals surface area (Å²) in [6, 6.07) is 15.3. The van der Waals surface area contributed by atoms with Gasteiger partial charge in [-0.2, -0.15) is 0 Å². The Morgan fingerprint density at radius 1 is 1.23 bits per heavy atom. The molecule has 0 saturated carbocycles. The van der Waals surface area contributed by atoms with Gasteiger partial charge in [-0.05, 0) is 47.5 Å². The Morgan fingerprint density at radius 2 is 2.03 bits per heavy atom. The summed E-state index contributed by atoms with van der Waals surface area (Å²) in [4.78, 5) is 12.6. The van der Waals surface area contributed by atoms with Crippen LogP contribution in [0.25, 0.3) is 11.6 Å². The molecule has 1 atom stereocenters. The van der Waals surface area contributed by atoms with Crippen LogP contribution in [0.5, 0.6) is 0 Å². The molecule has 1 aromatic carbocycles. The molecule has 3 aromatic heterocycles. The van der Waals surface area contributed by atoms with Crippen molar-refractivity contribution in [2.45, 2.75) is 30.8 Å². The van der Waals surface area contributed by atoms with Crippen molar-refractivity contribution in [1.82, 2.24) is 19.9 Å². The molecule has 0 unspecified atom stereocenters. The fourth-order valence-corrected chi connectivity index (χ4v) is 3.91. The summed E-state index contributed by atoms with van der Waals surface area (Å²) >= 11 is 4.63. The molecule has 0 spiro atoms. The molecule has 154 valence electrons. The molecule has 1 N–H and O–H groups in total. The molecule has 0 bridgehead atoms. The second-order valence-corrected chi connectivity index (χ2v) is 8.65. The molecule has 10 heteroatoms. The van der Waals surface area contributed by atoms with Crippen molar-refractivity contribution < 1.29 is 13.7 Å². The van der Waals surface area contributed by atoms with Gasteiger partial charge in [0.25, 0.3) is 0 Å².